The second-order valence-electron chi connectivity index (χ2n) is 4.82. The van der Waals surface area contributed by atoms with Crippen molar-refractivity contribution in [3.63, 3.8) is 0 Å². The van der Waals surface area contributed by atoms with Gasteiger partial charge in [-0.25, -0.2) is 4.98 Å². The van der Waals surface area contributed by atoms with Crippen LogP contribution >= 0.6 is 23.1 Å². The van der Waals surface area contributed by atoms with Crippen molar-refractivity contribution >= 4 is 40.0 Å². The van der Waals surface area contributed by atoms with Crippen molar-refractivity contribution in [2.24, 2.45) is 0 Å². The molecule has 0 saturated heterocycles. The molecule has 1 aromatic heterocycles. The summed E-state index contributed by atoms with van der Waals surface area (Å²) in [5.74, 6) is 1.25. The zero-order valence-electron chi connectivity index (χ0n) is 13.5. The summed E-state index contributed by atoms with van der Waals surface area (Å²) >= 11 is 3.14. The summed E-state index contributed by atoms with van der Waals surface area (Å²) in [7, 11) is 1.85. The third-order valence-electron chi connectivity index (χ3n) is 3.57. The number of thiazole rings is 1. The molecule has 1 amide bonds. The molecule has 0 bridgehead atoms. The summed E-state index contributed by atoms with van der Waals surface area (Å²) in [6.07, 6.45) is 2.99. The first-order valence-electron chi connectivity index (χ1n) is 7.27. The van der Waals surface area contributed by atoms with Crippen LogP contribution in [0, 0.1) is 0 Å². The van der Waals surface area contributed by atoms with Crippen LogP contribution in [0.3, 0.4) is 0 Å². The highest BCUT2D eigenvalue weighted by atomic mass is 32.2. The number of rotatable bonds is 8. The quantitative estimate of drug-likeness (QED) is 0.794. The van der Waals surface area contributed by atoms with E-state index < -0.39 is 0 Å². The van der Waals surface area contributed by atoms with Gasteiger partial charge >= 0.3 is 0 Å². The Labute approximate surface area is 135 Å². The minimum absolute atomic E-state index is 0.0238. The molecule has 5 nitrogen and oxygen atoms in total. The molecule has 7 heteroatoms. The molecule has 0 fully saturated rings. The van der Waals surface area contributed by atoms with Crippen molar-refractivity contribution in [3.05, 3.63) is 4.88 Å². The zero-order valence-corrected chi connectivity index (χ0v) is 15.2. The first-order chi connectivity index (χ1) is 9.99. The molecule has 1 unspecified atom stereocenters. The summed E-state index contributed by atoms with van der Waals surface area (Å²) in [4.78, 5) is 21.5. The van der Waals surface area contributed by atoms with Gasteiger partial charge < -0.3 is 15.5 Å². The van der Waals surface area contributed by atoms with Gasteiger partial charge in [0.05, 0.1) is 0 Å². The molecule has 0 spiro atoms. The highest BCUT2D eigenvalue weighted by molar-refractivity contribution is 7.98. The number of amides is 1. The van der Waals surface area contributed by atoms with Crippen LogP contribution < -0.4 is 10.6 Å². The van der Waals surface area contributed by atoms with Gasteiger partial charge in [-0.1, -0.05) is 18.3 Å². The number of carbonyl (C=O) groups excluding carboxylic acids is 1. The van der Waals surface area contributed by atoms with Gasteiger partial charge in [0.15, 0.2) is 5.13 Å². The van der Waals surface area contributed by atoms with Gasteiger partial charge in [-0.05, 0) is 26.5 Å². The second kappa shape index (κ2) is 8.48. The fourth-order valence-corrected chi connectivity index (χ4v) is 4.06. The topological polar surface area (TPSA) is 62.5 Å². The minimum Gasteiger partial charge on any atom is -0.382 e. The van der Waals surface area contributed by atoms with Gasteiger partial charge in [0.2, 0.25) is 0 Å². The predicted molar refractivity (Wildman–Crippen MR) is 94.6 cm³/mol. The van der Waals surface area contributed by atoms with E-state index in [9.17, 15) is 4.79 Å². The van der Waals surface area contributed by atoms with E-state index in [1.807, 2.05) is 7.05 Å². The highest BCUT2D eigenvalue weighted by Crippen LogP contribution is 2.29. The van der Waals surface area contributed by atoms with Crippen molar-refractivity contribution in [1.29, 1.82) is 0 Å². The molecule has 21 heavy (non-hydrogen) atoms. The second-order valence-corrected chi connectivity index (χ2v) is 6.70. The number of aromatic nitrogens is 1. The first-order valence-corrected chi connectivity index (χ1v) is 9.48. The van der Waals surface area contributed by atoms with Gasteiger partial charge in [-0.3, -0.25) is 4.79 Å². The number of nitrogen functional groups attached to an aromatic ring is 1. The van der Waals surface area contributed by atoms with E-state index in [-0.39, 0.29) is 11.9 Å². The zero-order chi connectivity index (χ0) is 16.0. The van der Waals surface area contributed by atoms with Gasteiger partial charge in [0, 0.05) is 31.9 Å². The van der Waals surface area contributed by atoms with Gasteiger partial charge in [-0.15, -0.1) is 0 Å². The monoisotopic (exact) mass is 330 g/mol. The Hall–Kier alpha value is -0.950. The maximum absolute atomic E-state index is 12.6. The molecule has 0 aliphatic carbocycles. The van der Waals surface area contributed by atoms with Crippen LogP contribution in [0.1, 0.15) is 36.9 Å². The Bertz CT molecular complexity index is 460. The Morgan fingerprint density at radius 3 is 2.48 bits per heavy atom. The van der Waals surface area contributed by atoms with Crippen molar-refractivity contribution < 1.29 is 4.79 Å². The predicted octanol–water partition coefficient (Wildman–Crippen LogP) is 2.79. The van der Waals surface area contributed by atoms with Gasteiger partial charge in [-0.2, -0.15) is 11.8 Å². The molecule has 0 aliphatic rings. The van der Waals surface area contributed by atoms with Crippen LogP contribution in [0.4, 0.5) is 10.9 Å². The molecular weight excluding hydrogens is 304 g/mol. The van der Waals surface area contributed by atoms with Crippen molar-refractivity contribution in [2.75, 3.05) is 42.8 Å². The van der Waals surface area contributed by atoms with Crippen molar-refractivity contribution in [1.82, 2.24) is 9.88 Å². The molecule has 1 rings (SSSR count). The molecule has 0 radical (unpaired) electrons. The SMILES string of the molecule is CCC(CSC)N(C)C(=O)c1sc(N(CC)CC)nc1N. The Morgan fingerprint density at radius 2 is 2.00 bits per heavy atom. The fourth-order valence-electron chi connectivity index (χ4n) is 2.12. The molecule has 0 saturated carbocycles. The summed E-state index contributed by atoms with van der Waals surface area (Å²) < 4.78 is 0. The van der Waals surface area contributed by atoms with E-state index >= 15 is 0 Å². The lowest BCUT2D eigenvalue weighted by atomic mass is 10.2. The maximum Gasteiger partial charge on any atom is 0.267 e. The average Bonchev–Trinajstić information content (AvgIpc) is 2.86. The lowest BCUT2D eigenvalue weighted by Gasteiger charge is -2.26. The van der Waals surface area contributed by atoms with Crippen LogP contribution in [-0.2, 0) is 0 Å². The summed E-state index contributed by atoms with van der Waals surface area (Å²) in [5.41, 5.74) is 5.96. The highest BCUT2D eigenvalue weighted by Gasteiger charge is 2.25. The smallest absolute Gasteiger partial charge is 0.267 e. The fraction of sp³-hybridized carbons (Fsp3) is 0.714. The number of hydrogen-bond acceptors (Lipinski definition) is 6. The van der Waals surface area contributed by atoms with Crippen LogP contribution in [0.25, 0.3) is 0 Å². The summed E-state index contributed by atoms with van der Waals surface area (Å²) in [6, 6.07) is 0.228. The molecule has 120 valence electrons. The third-order valence-corrected chi connectivity index (χ3v) is 5.41. The van der Waals surface area contributed by atoms with E-state index in [1.54, 1.807) is 16.7 Å². The minimum atomic E-state index is -0.0238. The molecule has 0 aromatic carbocycles. The van der Waals surface area contributed by atoms with Gasteiger partial charge in [0.1, 0.15) is 10.7 Å². The van der Waals surface area contributed by atoms with E-state index in [2.05, 4.69) is 36.9 Å². The number of carbonyl (C=O) groups is 1. The molecule has 0 aliphatic heterocycles. The lowest BCUT2D eigenvalue weighted by Crippen LogP contribution is -2.38. The Kier molecular flexibility index (Phi) is 7.31. The Morgan fingerprint density at radius 1 is 1.38 bits per heavy atom. The van der Waals surface area contributed by atoms with Crippen LogP contribution in [0.5, 0.6) is 0 Å². The normalized spacial score (nSPS) is 12.2. The van der Waals surface area contributed by atoms with Crippen LogP contribution in [0.2, 0.25) is 0 Å². The number of anilines is 2. The number of nitrogens with zero attached hydrogens (tertiary/aromatic N) is 3. The number of thioether (sulfide) groups is 1. The van der Waals surface area contributed by atoms with Gasteiger partial charge in [0.25, 0.3) is 5.91 Å². The lowest BCUT2D eigenvalue weighted by molar-refractivity contribution is 0.0749. The largest absolute Gasteiger partial charge is 0.382 e. The van der Waals surface area contributed by atoms with E-state index in [0.29, 0.717) is 10.7 Å². The van der Waals surface area contributed by atoms with Crippen LogP contribution in [0.15, 0.2) is 0 Å². The summed E-state index contributed by atoms with van der Waals surface area (Å²) in [6.45, 7) is 7.95. The van der Waals surface area contributed by atoms with Crippen molar-refractivity contribution in [2.45, 2.75) is 33.2 Å². The molecule has 1 atom stereocenters. The standard InChI is InChI=1S/C14H26N4OS2/c1-6-10(9-20-5)17(4)13(19)11-12(15)16-14(21-11)18(7-2)8-3/h10H,6-9,15H2,1-5H3. The van der Waals surface area contributed by atoms with Crippen LogP contribution in [-0.4, -0.2) is 54.0 Å². The van der Waals surface area contributed by atoms with Crippen molar-refractivity contribution in [3.8, 4) is 0 Å². The summed E-state index contributed by atoms with van der Waals surface area (Å²) in [5, 5.41) is 0.826. The molecule has 2 N–H and O–H groups in total. The number of nitrogens with two attached hydrogens (primary N) is 1. The molecular formula is C14H26N4OS2. The first kappa shape index (κ1) is 18.1. The van der Waals surface area contributed by atoms with E-state index in [0.717, 1.165) is 30.4 Å². The Balaban J connectivity index is 2.96. The third kappa shape index (κ3) is 4.26. The maximum atomic E-state index is 12.6. The molecule has 1 aromatic rings. The van der Waals surface area contributed by atoms with E-state index in [1.165, 1.54) is 11.3 Å². The van der Waals surface area contributed by atoms with E-state index in [4.69, 9.17) is 5.73 Å². The number of hydrogen-bond donors (Lipinski definition) is 1. The average molecular weight is 331 g/mol. The molecule has 1 heterocycles.